The summed E-state index contributed by atoms with van der Waals surface area (Å²) in [5, 5.41) is 3.70. The van der Waals surface area contributed by atoms with Gasteiger partial charge in [-0.2, -0.15) is 0 Å². The van der Waals surface area contributed by atoms with Crippen molar-refractivity contribution in [1.29, 1.82) is 0 Å². The molecular weight excluding hydrogens is 359 g/mol. The van der Waals surface area contributed by atoms with Crippen molar-refractivity contribution in [2.45, 2.75) is 13.0 Å². The first kappa shape index (κ1) is 17.6. The van der Waals surface area contributed by atoms with E-state index < -0.39 is 11.9 Å². The van der Waals surface area contributed by atoms with Gasteiger partial charge in [0.15, 0.2) is 10.9 Å². The van der Waals surface area contributed by atoms with Gasteiger partial charge in [0.25, 0.3) is 0 Å². The quantitative estimate of drug-likeness (QED) is 0.633. The van der Waals surface area contributed by atoms with Crippen molar-refractivity contribution in [2.75, 3.05) is 7.05 Å². The second kappa shape index (κ2) is 6.94. The molecule has 2 aromatic rings. The Kier molecular flexibility index (Phi) is 4.88. The van der Waals surface area contributed by atoms with Gasteiger partial charge in [-0.1, -0.05) is 48.0 Å². The molecule has 0 radical (unpaired) electrons. The maximum absolute atomic E-state index is 14.5. The van der Waals surface area contributed by atoms with E-state index in [0.29, 0.717) is 21.9 Å². The van der Waals surface area contributed by atoms with Crippen molar-refractivity contribution < 1.29 is 9.18 Å². The molecule has 0 aliphatic carbocycles. The van der Waals surface area contributed by atoms with Crippen LogP contribution >= 0.6 is 23.8 Å². The van der Waals surface area contributed by atoms with Crippen LogP contribution in [-0.4, -0.2) is 22.8 Å². The summed E-state index contributed by atoms with van der Waals surface area (Å²) in [4.78, 5) is 14.8. The lowest BCUT2D eigenvalue weighted by molar-refractivity contribution is 0.102. The number of carbonyl (C=O) groups is 1. The van der Waals surface area contributed by atoms with Gasteiger partial charge in [-0.3, -0.25) is 4.79 Å². The van der Waals surface area contributed by atoms with Gasteiger partial charge in [0.05, 0.1) is 6.04 Å². The van der Waals surface area contributed by atoms with Gasteiger partial charge in [-0.05, 0) is 31.3 Å². The summed E-state index contributed by atoms with van der Waals surface area (Å²) in [6.07, 6.45) is 0. The number of halogens is 2. The van der Waals surface area contributed by atoms with Crippen LogP contribution < -0.4 is 5.32 Å². The number of hydrogen-bond donors (Lipinski definition) is 1. The zero-order valence-corrected chi connectivity index (χ0v) is 15.3. The van der Waals surface area contributed by atoms with E-state index in [-0.39, 0.29) is 16.4 Å². The van der Waals surface area contributed by atoms with E-state index in [9.17, 15) is 9.18 Å². The van der Waals surface area contributed by atoms with E-state index in [1.54, 1.807) is 49.2 Å². The van der Waals surface area contributed by atoms with Gasteiger partial charge in [-0.15, -0.1) is 0 Å². The predicted molar refractivity (Wildman–Crippen MR) is 101 cm³/mol. The molecule has 0 amide bonds. The highest BCUT2D eigenvalue weighted by Gasteiger charge is 2.35. The van der Waals surface area contributed by atoms with Crippen LogP contribution in [0.5, 0.6) is 0 Å². The van der Waals surface area contributed by atoms with Crippen molar-refractivity contribution in [2.24, 2.45) is 0 Å². The van der Waals surface area contributed by atoms with E-state index in [2.05, 4.69) is 5.32 Å². The SMILES string of the molecule is CC1=C(C(=O)c2ccccc2)C(c2c(F)cccc2Cl)NC(=S)N1C. The molecule has 0 saturated heterocycles. The van der Waals surface area contributed by atoms with Gasteiger partial charge < -0.3 is 10.2 Å². The first-order valence-corrected chi connectivity index (χ1v) is 8.49. The second-order valence-electron chi connectivity index (χ2n) is 5.77. The number of thiocarbonyl (C=S) groups is 1. The molecule has 1 heterocycles. The average molecular weight is 375 g/mol. The number of rotatable bonds is 3. The summed E-state index contributed by atoms with van der Waals surface area (Å²) in [5.74, 6) is -0.673. The molecule has 1 unspecified atom stereocenters. The van der Waals surface area contributed by atoms with Crippen LogP contribution in [0.1, 0.15) is 28.9 Å². The summed E-state index contributed by atoms with van der Waals surface area (Å²) in [6.45, 7) is 1.80. The lowest BCUT2D eigenvalue weighted by atomic mass is 9.89. The normalized spacial score (nSPS) is 17.5. The monoisotopic (exact) mass is 374 g/mol. The summed E-state index contributed by atoms with van der Waals surface area (Å²) in [6, 6.07) is 12.6. The molecule has 0 aromatic heterocycles. The third-order valence-electron chi connectivity index (χ3n) is 4.32. The Morgan fingerprint density at radius 2 is 1.88 bits per heavy atom. The van der Waals surface area contributed by atoms with Crippen LogP contribution in [0.15, 0.2) is 59.8 Å². The van der Waals surface area contributed by atoms with Crippen molar-refractivity contribution in [1.82, 2.24) is 10.2 Å². The van der Waals surface area contributed by atoms with Crippen LogP contribution in [0.25, 0.3) is 0 Å². The average Bonchev–Trinajstić information content (AvgIpc) is 2.60. The molecule has 1 aliphatic heterocycles. The molecule has 3 nitrogen and oxygen atoms in total. The van der Waals surface area contributed by atoms with Gasteiger partial charge in [-0.25, -0.2) is 4.39 Å². The Labute approximate surface area is 156 Å². The number of nitrogens with zero attached hydrogens (tertiary/aromatic N) is 1. The standard InChI is InChI=1S/C19H16ClFN2OS/c1-11-15(18(24)12-7-4-3-5-8-12)17(22-19(25)23(11)2)16-13(20)9-6-10-14(16)21/h3-10,17H,1-2H3,(H,22,25). The Bertz CT molecular complexity index is 862. The van der Waals surface area contributed by atoms with Crippen molar-refractivity contribution >= 4 is 34.7 Å². The minimum Gasteiger partial charge on any atom is -0.351 e. The number of allylic oxidation sites excluding steroid dienone is 1. The third-order valence-corrected chi connectivity index (χ3v) is 5.04. The Hall–Kier alpha value is -2.24. The lowest BCUT2D eigenvalue weighted by Gasteiger charge is -2.36. The lowest BCUT2D eigenvalue weighted by Crippen LogP contribution is -2.46. The molecule has 2 aromatic carbocycles. The fourth-order valence-electron chi connectivity index (χ4n) is 2.88. The number of benzene rings is 2. The van der Waals surface area contributed by atoms with E-state index in [0.717, 1.165) is 0 Å². The molecule has 0 spiro atoms. The number of ketones is 1. The molecule has 0 bridgehead atoms. The van der Waals surface area contributed by atoms with Crippen LogP contribution in [0.4, 0.5) is 4.39 Å². The fourth-order valence-corrected chi connectivity index (χ4v) is 3.40. The van der Waals surface area contributed by atoms with Crippen molar-refractivity contribution in [3.8, 4) is 0 Å². The van der Waals surface area contributed by atoms with Gasteiger partial charge in [0.2, 0.25) is 0 Å². The third kappa shape index (κ3) is 3.17. The van der Waals surface area contributed by atoms with E-state index in [4.69, 9.17) is 23.8 Å². The first-order chi connectivity index (χ1) is 11.9. The Morgan fingerprint density at radius 3 is 2.52 bits per heavy atom. The predicted octanol–water partition coefficient (Wildman–Crippen LogP) is 4.50. The zero-order valence-electron chi connectivity index (χ0n) is 13.7. The minimum atomic E-state index is -0.745. The van der Waals surface area contributed by atoms with E-state index in [1.165, 1.54) is 12.1 Å². The first-order valence-electron chi connectivity index (χ1n) is 7.70. The van der Waals surface area contributed by atoms with Gasteiger partial charge in [0, 0.05) is 34.5 Å². The number of hydrogen-bond acceptors (Lipinski definition) is 2. The highest BCUT2D eigenvalue weighted by molar-refractivity contribution is 7.80. The fraction of sp³-hybridized carbons (Fsp3) is 0.158. The number of carbonyl (C=O) groups excluding carboxylic acids is 1. The van der Waals surface area contributed by atoms with E-state index >= 15 is 0 Å². The summed E-state index contributed by atoms with van der Waals surface area (Å²) in [7, 11) is 1.77. The second-order valence-corrected chi connectivity index (χ2v) is 6.56. The Balaban J connectivity index is 2.19. The maximum Gasteiger partial charge on any atom is 0.193 e. The molecule has 25 heavy (non-hydrogen) atoms. The molecule has 6 heteroatoms. The maximum atomic E-state index is 14.5. The molecule has 0 fully saturated rings. The molecular formula is C19H16ClFN2OS. The number of nitrogens with one attached hydrogen (secondary N) is 1. The molecule has 3 rings (SSSR count). The summed E-state index contributed by atoms with van der Waals surface area (Å²) < 4.78 is 14.5. The molecule has 1 atom stereocenters. The highest BCUT2D eigenvalue weighted by Crippen LogP contribution is 2.36. The van der Waals surface area contributed by atoms with Crippen molar-refractivity contribution in [3.63, 3.8) is 0 Å². The van der Waals surface area contributed by atoms with Crippen LogP contribution in [-0.2, 0) is 0 Å². The smallest absolute Gasteiger partial charge is 0.193 e. The van der Waals surface area contributed by atoms with Gasteiger partial charge in [0.1, 0.15) is 5.82 Å². The van der Waals surface area contributed by atoms with E-state index in [1.807, 2.05) is 6.07 Å². The topological polar surface area (TPSA) is 32.3 Å². The van der Waals surface area contributed by atoms with Gasteiger partial charge >= 0.3 is 0 Å². The van der Waals surface area contributed by atoms with Crippen LogP contribution in [0.3, 0.4) is 0 Å². The highest BCUT2D eigenvalue weighted by atomic mass is 35.5. The summed E-state index contributed by atoms with van der Waals surface area (Å²) >= 11 is 11.6. The molecule has 1 N–H and O–H groups in total. The molecule has 128 valence electrons. The Morgan fingerprint density at radius 1 is 1.20 bits per heavy atom. The molecule has 0 saturated carbocycles. The number of Topliss-reactive ketones (excluding diaryl/α,β-unsaturated/α-hetero) is 1. The molecule has 1 aliphatic rings. The van der Waals surface area contributed by atoms with Crippen LogP contribution in [0.2, 0.25) is 5.02 Å². The largest absolute Gasteiger partial charge is 0.351 e. The minimum absolute atomic E-state index is 0.190. The van der Waals surface area contributed by atoms with Crippen LogP contribution in [0, 0.1) is 5.82 Å². The zero-order chi connectivity index (χ0) is 18.1. The summed E-state index contributed by atoms with van der Waals surface area (Å²) in [5.41, 5.74) is 1.84. The van der Waals surface area contributed by atoms with Crippen molar-refractivity contribution in [3.05, 3.63) is 81.8 Å².